The second kappa shape index (κ2) is 9.19. The second-order valence-corrected chi connectivity index (χ2v) is 8.96. The molecule has 1 atom stereocenters. The molecule has 7 nitrogen and oxygen atoms in total. The van der Waals surface area contributed by atoms with Gasteiger partial charge in [0.1, 0.15) is 5.75 Å². The van der Waals surface area contributed by atoms with Crippen LogP contribution >= 0.6 is 0 Å². The Kier molecular flexibility index (Phi) is 6.66. The number of nitrogens with zero attached hydrogens (tertiary/aromatic N) is 2. The van der Waals surface area contributed by atoms with E-state index in [1.807, 2.05) is 25.1 Å². The van der Waals surface area contributed by atoms with Crippen molar-refractivity contribution in [3.8, 4) is 5.75 Å². The van der Waals surface area contributed by atoms with Gasteiger partial charge in [-0.25, -0.2) is 13.8 Å². The van der Waals surface area contributed by atoms with Crippen LogP contribution in [-0.2, 0) is 14.8 Å². The topological polar surface area (TPSA) is 88.1 Å². The fraction of sp³-hybridized carbons (Fsp3) is 0.333. The number of rotatable bonds is 6. The van der Waals surface area contributed by atoms with Gasteiger partial charge in [0.05, 0.1) is 24.1 Å². The van der Waals surface area contributed by atoms with Crippen LogP contribution < -0.4 is 10.2 Å². The highest BCUT2D eigenvalue weighted by molar-refractivity contribution is 7.89. The summed E-state index contributed by atoms with van der Waals surface area (Å²) in [6.45, 7) is 2.47. The number of sulfonamides is 1. The minimum Gasteiger partial charge on any atom is -0.497 e. The molecule has 1 heterocycles. The molecule has 29 heavy (non-hydrogen) atoms. The maximum absolute atomic E-state index is 12.9. The lowest BCUT2D eigenvalue weighted by Gasteiger charge is -2.30. The zero-order chi connectivity index (χ0) is 20.9. The number of piperidine rings is 1. The van der Waals surface area contributed by atoms with Gasteiger partial charge < -0.3 is 4.74 Å². The van der Waals surface area contributed by atoms with Gasteiger partial charge in [0.25, 0.3) is 0 Å². The Balaban J connectivity index is 1.63. The first-order valence-electron chi connectivity index (χ1n) is 9.44. The fourth-order valence-corrected chi connectivity index (χ4v) is 4.74. The summed E-state index contributed by atoms with van der Waals surface area (Å²) in [5.41, 5.74) is 4.31. The van der Waals surface area contributed by atoms with Gasteiger partial charge in [-0.3, -0.25) is 4.79 Å². The molecule has 8 heteroatoms. The largest absolute Gasteiger partial charge is 0.497 e. The number of amides is 1. The van der Waals surface area contributed by atoms with Crippen LogP contribution in [0.3, 0.4) is 0 Å². The van der Waals surface area contributed by atoms with Gasteiger partial charge in [-0.2, -0.15) is 9.41 Å². The molecule has 1 amide bonds. The average Bonchev–Trinajstić information content (AvgIpc) is 2.74. The van der Waals surface area contributed by atoms with Crippen LogP contribution in [0.1, 0.15) is 24.0 Å². The van der Waals surface area contributed by atoms with Crippen molar-refractivity contribution in [2.24, 2.45) is 11.0 Å². The van der Waals surface area contributed by atoms with Crippen molar-refractivity contribution < 1.29 is 17.9 Å². The van der Waals surface area contributed by atoms with Crippen LogP contribution in [0.5, 0.6) is 5.75 Å². The van der Waals surface area contributed by atoms with E-state index in [0.717, 1.165) is 11.1 Å². The third-order valence-corrected chi connectivity index (χ3v) is 6.78. The number of methoxy groups -OCH3 is 1. The van der Waals surface area contributed by atoms with Crippen LogP contribution in [0.2, 0.25) is 0 Å². The number of benzene rings is 2. The molecule has 1 aliphatic rings. The van der Waals surface area contributed by atoms with Crippen LogP contribution in [0, 0.1) is 12.8 Å². The van der Waals surface area contributed by atoms with Gasteiger partial charge in [-0.1, -0.05) is 29.8 Å². The standard InChI is InChI=1S/C21H25N3O4S/c1-16-8-10-20(11-9-16)29(26,27)24-12-4-6-18(15-24)21(25)23-22-14-17-5-3-7-19(13-17)28-2/h3,5,7-11,13-14,18H,4,6,12,15H2,1-2H3,(H,23,25)/b22-14-/t18-/m0/s1. The molecule has 0 spiro atoms. The van der Waals surface area contributed by atoms with Crippen LogP contribution in [0.15, 0.2) is 58.5 Å². The zero-order valence-corrected chi connectivity index (χ0v) is 17.4. The highest BCUT2D eigenvalue weighted by Crippen LogP contribution is 2.24. The van der Waals surface area contributed by atoms with Crippen molar-refractivity contribution >= 4 is 22.1 Å². The molecule has 0 aromatic heterocycles. The van der Waals surface area contributed by atoms with E-state index in [4.69, 9.17) is 4.74 Å². The molecule has 1 N–H and O–H groups in total. The first kappa shape index (κ1) is 21.0. The summed E-state index contributed by atoms with van der Waals surface area (Å²) in [6.07, 6.45) is 2.78. The second-order valence-electron chi connectivity index (χ2n) is 7.03. The third-order valence-electron chi connectivity index (χ3n) is 4.90. The number of ether oxygens (including phenoxy) is 1. The van der Waals surface area contributed by atoms with Gasteiger partial charge in [-0.05, 0) is 49.6 Å². The summed E-state index contributed by atoms with van der Waals surface area (Å²) in [5, 5.41) is 4.00. The number of carbonyl (C=O) groups excluding carboxylic acids is 1. The Bertz CT molecular complexity index is 987. The van der Waals surface area contributed by atoms with Gasteiger partial charge in [0.15, 0.2) is 0 Å². The lowest BCUT2D eigenvalue weighted by atomic mass is 9.99. The van der Waals surface area contributed by atoms with Crippen LogP contribution in [0.25, 0.3) is 0 Å². The Morgan fingerprint density at radius 1 is 1.24 bits per heavy atom. The van der Waals surface area contributed by atoms with Gasteiger partial charge in [0.2, 0.25) is 15.9 Å². The number of carbonyl (C=O) groups is 1. The van der Waals surface area contributed by atoms with E-state index in [2.05, 4.69) is 10.5 Å². The maximum Gasteiger partial charge on any atom is 0.244 e. The highest BCUT2D eigenvalue weighted by Gasteiger charge is 2.33. The van der Waals surface area contributed by atoms with Gasteiger partial charge >= 0.3 is 0 Å². The van der Waals surface area contributed by atoms with Crippen molar-refractivity contribution in [2.45, 2.75) is 24.7 Å². The van der Waals surface area contributed by atoms with Crippen molar-refractivity contribution in [1.29, 1.82) is 0 Å². The zero-order valence-electron chi connectivity index (χ0n) is 16.5. The molecule has 3 rings (SSSR count). The normalized spacial score (nSPS) is 17.9. The Labute approximate surface area is 171 Å². The fourth-order valence-electron chi connectivity index (χ4n) is 3.22. The first-order chi connectivity index (χ1) is 13.9. The lowest BCUT2D eigenvalue weighted by Crippen LogP contribution is -2.44. The average molecular weight is 416 g/mol. The summed E-state index contributed by atoms with van der Waals surface area (Å²) >= 11 is 0. The summed E-state index contributed by atoms with van der Waals surface area (Å²) in [6, 6.07) is 14.0. The van der Waals surface area contributed by atoms with Crippen molar-refractivity contribution in [3.63, 3.8) is 0 Å². The minimum atomic E-state index is -3.62. The summed E-state index contributed by atoms with van der Waals surface area (Å²) in [4.78, 5) is 12.7. The van der Waals surface area contributed by atoms with E-state index >= 15 is 0 Å². The SMILES string of the molecule is COc1cccc(/C=N\NC(=O)[C@H]2CCCN(S(=O)(=O)c3ccc(C)cc3)C2)c1. The molecular weight excluding hydrogens is 390 g/mol. The maximum atomic E-state index is 12.9. The number of nitrogens with one attached hydrogen (secondary N) is 1. The highest BCUT2D eigenvalue weighted by atomic mass is 32.2. The molecule has 1 aliphatic heterocycles. The van der Waals surface area contributed by atoms with E-state index in [0.29, 0.717) is 25.1 Å². The van der Waals surface area contributed by atoms with Crippen LogP contribution in [0.4, 0.5) is 0 Å². The number of hydrazone groups is 1. The molecule has 154 valence electrons. The molecule has 2 aromatic rings. The molecule has 1 fully saturated rings. The summed E-state index contributed by atoms with van der Waals surface area (Å²) in [5.74, 6) is -0.0242. The summed E-state index contributed by atoms with van der Waals surface area (Å²) < 4.78 is 32.3. The monoisotopic (exact) mass is 415 g/mol. The molecular formula is C21H25N3O4S. The summed E-state index contributed by atoms with van der Waals surface area (Å²) in [7, 11) is -2.03. The van der Waals surface area contributed by atoms with E-state index in [9.17, 15) is 13.2 Å². The molecule has 0 saturated carbocycles. The molecule has 0 bridgehead atoms. The predicted octanol–water partition coefficient (Wildman–Crippen LogP) is 2.55. The van der Waals surface area contributed by atoms with E-state index in [-0.39, 0.29) is 17.3 Å². The van der Waals surface area contributed by atoms with E-state index < -0.39 is 15.9 Å². The molecule has 1 saturated heterocycles. The lowest BCUT2D eigenvalue weighted by molar-refractivity contribution is -0.126. The first-order valence-corrected chi connectivity index (χ1v) is 10.9. The Morgan fingerprint density at radius 2 is 2.00 bits per heavy atom. The predicted molar refractivity (Wildman–Crippen MR) is 111 cm³/mol. The molecule has 2 aromatic carbocycles. The Morgan fingerprint density at radius 3 is 2.72 bits per heavy atom. The molecule has 0 radical (unpaired) electrons. The molecule has 0 aliphatic carbocycles. The van der Waals surface area contributed by atoms with E-state index in [1.165, 1.54) is 10.5 Å². The van der Waals surface area contributed by atoms with Crippen molar-refractivity contribution in [2.75, 3.05) is 20.2 Å². The number of hydrogen-bond donors (Lipinski definition) is 1. The smallest absolute Gasteiger partial charge is 0.244 e. The van der Waals surface area contributed by atoms with Crippen molar-refractivity contribution in [3.05, 3.63) is 59.7 Å². The van der Waals surface area contributed by atoms with Crippen molar-refractivity contribution in [1.82, 2.24) is 9.73 Å². The molecule has 0 unspecified atom stereocenters. The van der Waals surface area contributed by atoms with E-state index in [1.54, 1.807) is 37.4 Å². The quantitative estimate of drug-likeness (QED) is 0.580. The Hall–Kier alpha value is -2.71. The number of hydrogen-bond acceptors (Lipinski definition) is 5. The third kappa shape index (κ3) is 5.21. The van der Waals surface area contributed by atoms with Gasteiger partial charge in [-0.15, -0.1) is 0 Å². The van der Waals surface area contributed by atoms with Gasteiger partial charge in [0, 0.05) is 13.1 Å². The minimum absolute atomic E-state index is 0.150. The number of aryl methyl sites for hydroxylation is 1. The van der Waals surface area contributed by atoms with Crippen LogP contribution in [-0.4, -0.2) is 45.0 Å².